The number of aryl methyl sites for hydroxylation is 1. The smallest absolute Gasteiger partial charge is 0.0823 e. The van der Waals surface area contributed by atoms with E-state index in [4.69, 9.17) is 10.5 Å². The van der Waals surface area contributed by atoms with E-state index in [2.05, 4.69) is 41.8 Å². The first-order valence-corrected chi connectivity index (χ1v) is 8.00. The lowest BCUT2D eigenvalue weighted by Gasteiger charge is -2.38. The Morgan fingerprint density at radius 2 is 1.90 bits per heavy atom. The minimum Gasteiger partial charge on any atom is -0.376 e. The van der Waals surface area contributed by atoms with Crippen LogP contribution in [0.3, 0.4) is 0 Å². The van der Waals surface area contributed by atoms with Gasteiger partial charge >= 0.3 is 0 Å². The zero-order chi connectivity index (χ0) is 15.2. The largest absolute Gasteiger partial charge is 0.376 e. The molecule has 0 radical (unpaired) electrons. The van der Waals surface area contributed by atoms with Crippen LogP contribution < -0.4 is 10.6 Å². The van der Waals surface area contributed by atoms with Crippen LogP contribution >= 0.6 is 0 Å². The fourth-order valence-corrected chi connectivity index (χ4v) is 2.97. The van der Waals surface area contributed by atoms with Gasteiger partial charge in [0, 0.05) is 51.6 Å². The van der Waals surface area contributed by atoms with Crippen molar-refractivity contribution in [1.82, 2.24) is 4.90 Å². The van der Waals surface area contributed by atoms with Crippen molar-refractivity contribution in [3.63, 3.8) is 0 Å². The van der Waals surface area contributed by atoms with Crippen molar-refractivity contribution >= 4 is 5.69 Å². The Hall–Kier alpha value is -1.10. The van der Waals surface area contributed by atoms with Crippen molar-refractivity contribution in [3.8, 4) is 0 Å². The maximum atomic E-state index is 5.77. The van der Waals surface area contributed by atoms with Crippen molar-refractivity contribution < 1.29 is 4.74 Å². The van der Waals surface area contributed by atoms with E-state index >= 15 is 0 Å². The summed E-state index contributed by atoms with van der Waals surface area (Å²) in [6.07, 6.45) is 0.169. The number of hydrogen-bond donors (Lipinski definition) is 1. The summed E-state index contributed by atoms with van der Waals surface area (Å²) in [5.41, 5.74) is 9.93. The van der Waals surface area contributed by atoms with Gasteiger partial charge in [0.1, 0.15) is 0 Å². The summed E-state index contributed by atoms with van der Waals surface area (Å²) in [6, 6.07) is 6.58. The number of hydrogen-bond acceptors (Lipinski definition) is 4. The van der Waals surface area contributed by atoms with E-state index in [1.807, 2.05) is 6.92 Å². The van der Waals surface area contributed by atoms with E-state index in [1.165, 1.54) is 16.8 Å². The average Bonchev–Trinajstić information content (AvgIpc) is 2.50. The molecule has 0 amide bonds. The number of rotatable bonds is 6. The molecule has 1 heterocycles. The second kappa shape index (κ2) is 7.78. The number of anilines is 1. The van der Waals surface area contributed by atoms with E-state index in [0.717, 1.165) is 39.3 Å². The van der Waals surface area contributed by atoms with Crippen molar-refractivity contribution in [2.45, 2.75) is 26.9 Å². The molecule has 4 nitrogen and oxygen atoms in total. The van der Waals surface area contributed by atoms with E-state index in [1.54, 1.807) is 0 Å². The van der Waals surface area contributed by atoms with Crippen LogP contribution in [-0.2, 0) is 4.74 Å². The first-order valence-electron chi connectivity index (χ1n) is 8.00. The van der Waals surface area contributed by atoms with Gasteiger partial charge in [0.25, 0.3) is 0 Å². The summed E-state index contributed by atoms with van der Waals surface area (Å²) in [4.78, 5) is 4.96. The summed E-state index contributed by atoms with van der Waals surface area (Å²) in [5, 5.41) is 0. The molecule has 4 heteroatoms. The van der Waals surface area contributed by atoms with Gasteiger partial charge in [0.15, 0.2) is 0 Å². The normalized spacial score (nSPS) is 18.0. The topological polar surface area (TPSA) is 41.7 Å². The second-order valence-electron chi connectivity index (χ2n) is 5.82. The van der Waals surface area contributed by atoms with Gasteiger partial charge in [-0.3, -0.25) is 4.90 Å². The molecule has 0 saturated carbocycles. The van der Waals surface area contributed by atoms with E-state index in [0.29, 0.717) is 6.54 Å². The van der Waals surface area contributed by atoms with Gasteiger partial charge in [-0.15, -0.1) is 0 Å². The Morgan fingerprint density at radius 1 is 1.19 bits per heavy atom. The molecule has 1 aromatic carbocycles. The maximum absolute atomic E-state index is 5.77. The summed E-state index contributed by atoms with van der Waals surface area (Å²) in [6.45, 7) is 13.0. The van der Waals surface area contributed by atoms with Gasteiger partial charge in [-0.05, 0) is 38.0 Å². The molecule has 2 N–H and O–H groups in total. The molecule has 0 spiro atoms. The molecule has 1 saturated heterocycles. The summed E-state index contributed by atoms with van der Waals surface area (Å²) >= 11 is 0. The van der Waals surface area contributed by atoms with Crippen LogP contribution in [0.2, 0.25) is 0 Å². The van der Waals surface area contributed by atoms with Crippen LogP contribution in [-0.4, -0.2) is 56.9 Å². The molecular weight excluding hydrogens is 262 g/mol. The molecule has 1 aromatic rings. The Kier molecular flexibility index (Phi) is 6.03. The van der Waals surface area contributed by atoms with Gasteiger partial charge in [-0.1, -0.05) is 12.1 Å². The Balaban J connectivity index is 1.89. The Bertz CT molecular complexity index is 442. The molecule has 1 atom stereocenters. The molecule has 0 aliphatic carbocycles. The molecule has 1 aliphatic rings. The molecule has 2 rings (SSSR count). The lowest BCUT2D eigenvalue weighted by atomic mass is 10.1. The zero-order valence-corrected chi connectivity index (χ0v) is 13.6. The van der Waals surface area contributed by atoms with Crippen LogP contribution in [0.1, 0.15) is 18.1 Å². The molecule has 0 bridgehead atoms. The highest BCUT2D eigenvalue weighted by Gasteiger charge is 2.21. The van der Waals surface area contributed by atoms with Gasteiger partial charge in [0.05, 0.1) is 6.10 Å². The number of benzene rings is 1. The fraction of sp³-hybridized carbons (Fsp3) is 0.647. The highest BCUT2D eigenvalue weighted by molar-refractivity contribution is 5.56. The SMILES string of the molecule is CCOC(CN)CN1CCN(c2cccc(C)c2C)CC1. The van der Waals surface area contributed by atoms with E-state index < -0.39 is 0 Å². The lowest BCUT2D eigenvalue weighted by molar-refractivity contribution is 0.0379. The molecule has 21 heavy (non-hydrogen) atoms. The quantitative estimate of drug-likeness (QED) is 0.867. The third-order valence-corrected chi connectivity index (χ3v) is 4.42. The van der Waals surface area contributed by atoms with Crippen LogP contribution in [0.25, 0.3) is 0 Å². The third kappa shape index (κ3) is 4.19. The molecule has 1 aliphatic heterocycles. The predicted molar refractivity (Wildman–Crippen MR) is 89.0 cm³/mol. The number of nitrogens with zero attached hydrogens (tertiary/aromatic N) is 2. The number of ether oxygens (including phenoxy) is 1. The van der Waals surface area contributed by atoms with Gasteiger partial charge < -0.3 is 15.4 Å². The summed E-state index contributed by atoms with van der Waals surface area (Å²) < 4.78 is 5.66. The summed E-state index contributed by atoms with van der Waals surface area (Å²) in [5.74, 6) is 0. The average molecular weight is 291 g/mol. The Labute approximate surface area is 128 Å². The minimum absolute atomic E-state index is 0.169. The molecule has 0 aromatic heterocycles. The highest BCUT2D eigenvalue weighted by Crippen LogP contribution is 2.23. The first-order chi connectivity index (χ1) is 10.2. The van der Waals surface area contributed by atoms with Crippen molar-refractivity contribution in [2.75, 3.05) is 50.8 Å². The van der Waals surface area contributed by atoms with Gasteiger partial charge in [-0.2, -0.15) is 0 Å². The molecule has 1 unspecified atom stereocenters. The second-order valence-corrected chi connectivity index (χ2v) is 5.82. The van der Waals surface area contributed by atoms with Gasteiger partial charge in [-0.25, -0.2) is 0 Å². The van der Waals surface area contributed by atoms with E-state index in [-0.39, 0.29) is 6.10 Å². The van der Waals surface area contributed by atoms with Crippen molar-refractivity contribution in [3.05, 3.63) is 29.3 Å². The molecule has 1 fully saturated rings. The Morgan fingerprint density at radius 3 is 2.52 bits per heavy atom. The standard InChI is InChI=1S/C17H29N3O/c1-4-21-16(12-18)13-19-8-10-20(11-9-19)17-7-5-6-14(2)15(17)3/h5-7,16H,4,8-13,18H2,1-3H3. The number of piperazine rings is 1. The van der Waals surface area contributed by atoms with Crippen LogP contribution in [0.15, 0.2) is 18.2 Å². The number of nitrogens with two attached hydrogens (primary N) is 1. The summed E-state index contributed by atoms with van der Waals surface area (Å²) in [7, 11) is 0. The minimum atomic E-state index is 0.169. The van der Waals surface area contributed by atoms with Crippen LogP contribution in [0.4, 0.5) is 5.69 Å². The van der Waals surface area contributed by atoms with Crippen molar-refractivity contribution in [1.29, 1.82) is 0 Å². The lowest BCUT2D eigenvalue weighted by Crippen LogP contribution is -2.50. The fourth-order valence-electron chi connectivity index (χ4n) is 2.97. The van der Waals surface area contributed by atoms with Crippen molar-refractivity contribution in [2.24, 2.45) is 5.73 Å². The molecular formula is C17H29N3O. The third-order valence-electron chi connectivity index (χ3n) is 4.42. The van der Waals surface area contributed by atoms with Crippen LogP contribution in [0, 0.1) is 13.8 Å². The monoisotopic (exact) mass is 291 g/mol. The highest BCUT2D eigenvalue weighted by atomic mass is 16.5. The zero-order valence-electron chi connectivity index (χ0n) is 13.6. The van der Waals surface area contributed by atoms with Crippen LogP contribution in [0.5, 0.6) is 0 Å². The maximum Gasteiger partial charge on any atom is 0.0823 e. The first kappa shape index (κ1) is 16.3. The van der Waals surface area contributed by atoms with Gasteiger partial charge in [0.2, 0.25) is 0 Å². The molecule has 118 valence electrons. The van der Waals surface area contributed by atoms with E-state index in [9.17, 15) is 0 Å². The predicted octanol–water partition coefficient (Wildman–Crippen LogP) is 1.79.